The molecule has 0 unspecified atom stereocenters. The first-order valence-electron chi connectivity index (χ1n) is 4.35. The minimum absolute atomic E-state index is 0.0917. The summed E-state index contributed by atoms with van der Waals surface area (Å²) in [4.78, 5) is 17.6. The Labute approximate surface area is 89.5 Å². The van der Waals surface area contributed by atoms with E-state index in [0.717, 1.165) is 0 Å². The minimum Gasteiger partial charge on any atom is -0.372 e. The Morgan fingerprint density at radius 2 is 2.44 bits per heavy atom. The highest BCUT2D eigenvalue weighted by Crippen LogP contribution is 2.21. The molecular formula is C8H7N5O3. The molecule has 0 aliphatic carbocycles. The van der Waals surface area contributed by atoms with Gasteiger partial charge in [0.05, 0.1) is 11.5 Å². The van der Waals surface area contributed by atoms with Crippen LogP contribution in [-0.4, -0.2) is 20.0 Å². The van der Waals surface area contributed by atoms with Gasteiger partial charge in [-0.2, -0.15) is 4.98 Å². The van der Waals surface area contributed by atoms with E-state index < -0.39 is 4.92 Å². The van der Waals surface area contributed by atoms with Crippen LogP contribution in [0.3, 0.4) is 0 Å². The predicted molar refractivity (Wildman–Crippen MR) is 52.5 cm³/mol. The van der Waals surface area contributed by atoms with Gasteiger partial charge in [0.25, 0.3) is 0 Å². The summed E-state index contributed by atoms with van der Waals surface area (Å²) in [5.41, 5.74) is 0.274. The first-order chi connectivity index (χ1) is 7.77. The molecule has 0 atom stereocenters. The highest BCUT2D eigenvalue weighted by Gasteiger charge is 2.13. The van der Waals surface area contributed by atoms with Crippen molar-refractivity contribution in [3.05, 3.63) is 40.8 Å². The van der Waals surface area contributed by atoms with Crippen LogP contribution in [0.25, 0.3) is 0 Å². The van der Waals surface area contributed by atoms with E-state index in [1.54, 1.807) is 0 Å². The number of hydrogen-bond acceptors (Lipinski definition) is 7. The molecule has 0 saturated heterocycles. The summed E-state index contributed by atoms with van der Waals surface area (Å²) >= 11 is 0. The van der Waals surface area contributed by atoms with Crippen LogP contribution in [0.2, 0.25) is 0 Å². The molecule has 0 aliphatic heterocycles. The Morgan fingerprint density at radius 1 is 1.56 bits per heavy atom. The van der Waals surface area contributed by atoms with E-state index in [0.29, 0.717) is 11.5 Å². The number of pyridine rings is 1. The second-order valence-electron chi connectivity index (χ2n) is 2.85. The SMILES string of the molecule is O=[N+]([O-])c1cnccc1NCc1ncon1. The molecule has 8 nitrogen and oxygen atoms in total. The maximum Gasteiger partial charge on any atom is 0.310 e. The van der Waals surface area contributed by atoms with Crippen molar-refractivity contribution in [3.63, 3.8) is 0 Å². The van der Waals surface area contributed by atoms with Crippen molar-refractivity contribution in [1.82, 2.24) is 15.1 Å². The van der Waals surface area contributed by atoms with Gasteiger partial charge in [0.2, 0.25) is 6.39 Å². The van der Waals surface area contributed by atoms with Crippen molar-refractivity contribution in [1.29, 1.82) is 0 Å². The standard InChI is InChI=1S/C8H7N5O3/c14-13(15)7-3-9-2-1-6(7)10-4-8-11-5-16-12-8/h1-3,5H,4H2,(H,9,10). The number of anilines is 1. The maximum absolute atomic E-state index is 10.7. The molecule has 1 N–H and O–H groups in total. The van der Waals surface area contributed by atoms with Crippen molar-refractivity contribution in [2.75, 3.05) is 5.32 Å². The lowest BCUT2D eigenvalue weighted by atomic mass is 10.3. The zero-order chi connectivity index (χ0) is 11.4. The third-order valence-corrected chi connectivity index (χ3v) is 1.84. The highest BCUT2D eigenvalue weighted by molar-refractivity contribution is 5.59. The fraction of sp³-hybridized carbons (Fsp3) is 0.125. The lowest BCUT2D eigenvalue weighted by Crippen LogP contribution is -2.04. The Bertz CT molecular complexity index is 484. The van der Waals surface area contributed by atoms with Crippen LogP contribution < -0.4 is 5.32 Å². The van der Waals surface area contributed by atoms with Gasteiger partial charge < -0.3 is 9.84 Å². The molecule has 2 aromatic rings. The molecule has 0 saturated carbocycles. The molecular weight excluding hydrogens is 214 g/mol. The van der Waals surface area contributed by atoms with Crippen molar-refractivity contribution in [2.24, 2.45) is 0 Å². The fourth-order valence-corrected chi connectivity index (χ4v) is 1.13. The van der Waals surface area contributed by atoms with Gasteiger partial charge in [-0.1, -0.05) is 5.16 Å². The minimum atomic E-state index is -0.508. The van der Waals surface area contributed by atoms with E-state index in [4.69, 9.17) is 0 Å². The summed E-state index contributed by atoms with van der Waals surface area (Å²) in [6.45, 7) is 0.251. The molecule has 0 fully saturated rings. The lowest BCUT2D eigenvalue weighted by Gasteiger charge is -2.03. The summed E-state index contributed by atoms with van der Waals surface area (Å²) in [5, 5.41) is 17.1. The monoisotopic (exact) mass is 221 g/mol. The predicted octanol–water partition coefficient (Wildman–Crippen LogP) is 0.985. The van der Waals surface area contributed by atoms with E-state index >= 15 is 0 Å². The number of nitro groups is 1. The van der Waals surface area contributed by atoms with Crippen LogP contribution in [0.5, 0.6) is 0 Å². The number of rotatable bonds is 4. The molecule has 0 bridgehead atoms. The molecule has 0 radical (unpaired) electrons. The Hall–Kier alpha value is -2.51. The van der Waals surface area contributed by atoms with Crippen molar-refractivity contribution < 1.29 is 9.45 Å². The maximum atomic E-state index is 10.7. The molecule has 0 aliphatic rings. The lowest BCUT2D eigenvalue weighted by molar-refractivity contribution is -0.384. The summed E-state index contributed by atoms with van der Waals surface area (Å²) in [6.07, 6.45) is 3.84. The van der Waals surface area contributed by atoms with Crippen molar-refractivity contribution in [2.45, 2.75) is 6.54 Å². The molecule has 2 rings (SSSR count). The van der Waals surface area contributed by atoms with Crippen LogP contribution >= 0.6 is 0 Å². The fourth-order valence-electron chi connectivity index (χ4n) is 1.13. The Morgan fingerprint density at radius 3 is 3.12 bits per heavy atom. The van der Waals surface area contributed by atoms with Gasteiger partial charge in [-0.3, -0.25) is 15.1 Å². The summed E-state index contributed by atoms with van der Waals surface area (Å²) in [6, 6.07) is 1.51. The first-order valence-corrected chi connectivity index (χ1v) is 4.35. The van der Waals surface area contributed by atoms with E-state index in [1.807, 2.05) is 0 Å². The van der Waals surface area contributed by atoms with Gasteiger partial charge in [-0.05, 0) is 6.07 Å². The van der Waals surface area contributed by atoms with Crippen LogP contribution in [0.1, 0.15) is 5.82 Å². The molecule has 0 amide bonds. The van der Waals surface area contributed by atoms with Crippen molar-refractivity contribution in [3.8, 4) is 0 Å². The van der Waals surface area contributed by atoms with E-state index in [1.165, 1.54) is 24.9 Å². The summed E-state index contributed by atoms with van der Waals surface area (Å²) < 4.78 is 4.53. The number of nitrogens with one attached hydrogen (secondary N) is 1. The largest absolute Gasteiger partial charge is 0.372 e. The van der Waals surface area contributed by atoms with Crippen LogP contribution in [-0.2, 0) is 6.54 Å². The van der Waals surface area contributed by atoms with Crippen LogP contribution in [0.4, 0.5) is 11.4 Å². The first kappa shape index (κ1) is 10.0. The molecule has 8 heteroatoms. The Kier molecular flexibility index (Phi) is 2.72. The second kappa shape index (κ2) is 4.34. The topological polar surface area (TPSA) is 107 Å². The molecule has 0 aromatic carbocycles. The van der Waals surface area contributed by atoms with Crippen molar-refractivity contribution >= 4 is 11.4 Å². The van der Waals surface area contributed by atoms with E-state index in [-0.39, 0.29) is 12.2 Å². The van der Waals surface area contributed by atoms with Crippen LogP contribution in [0.15, 0.2) is 29.4 Å². The summed E-state index contributed by atoms with van der Waals surface area (Å²) in [7, 11) is 0. The van der Waals surface area contributed by atoms with Gasteiger partial charge >= 0.3 is 5.69 Å². The van der Waals surface area contributed by atoms with Gasteiger partial charge in [-0.25, -0.2) is 0 Å². The average molecular weight is 221 g/mol. The molecule has 2 aromatic heterocycles. The zero-order valence-electron chi connectivity index (χ0n) is 8.03. The van der Waals surface area contributed by atoms with Gasteiger partial charge in [-0.15, -0.1) is 0 Å². The highest BCUT2D eigenvalue weighted by atomic mass is 16.6. The number of hydrogen-bond donors (Lipinski definition) is 1. The van der Waals surface area contributed by atoms with Crippen LogP contribution in [0, 0.1) is 10.1 Å². The van der Waals surface area contributed by atoms with E-state index in [9.17, 15) is 10.1 Å². The quantitative estimate of drug-likeness (QED) is 0.605. The normalized spacial score (nSPS) is 10.0. The number of nitrogens with zero attached hydrogens (tertiary/aromatic N) is 4. The number of aromatic nitrogens is 3. The smallest absolute Gasteiger partial charge is 0.310 e. The molecule has 0 spiro atoms. The summed E-state index contributed by atoms with van der Waals surface area (Å²) in [5.74, 6) is 0.422. The Balaban J connectivity index is 2.12. The van der Waals surface area contributed by atoms with Gasteiger partial charge in [0, 0.05) is 6.20 Å². The zero-order valence-corrected chi connectivity index (χ0v) is 8.03. The van der Waals surface area contributed by atoms with Gasteiger partial charge in [0.1, 0.15) is 11.9 Å². The third kappa shape index (κ3) is 2.11. The molecule has 82 valence electrons. The van der Waals surface area contributed by atoms with E-state index in [2.05, 4.69) is 25.0 Å². The average Bonchev–Trinajstić information content (AvgIpc) is 2.79. The third-order valence-electron chi connectivity index (χ3n) is 1.84. The molecule has 2 heterocycles. The second-order valence-corrected chi connectivity index (χ2v) is 2.85. The van der Waals surface area contributed by atoms with Gasteiger partial charge in [0.15, 0.2) is 5.82 Å². The molecule has 16 heavy (non-hydrogen) atoms.